The summed E-state index contributed by atoms with van der Waals surface area (Å²) in [7, 11) is -3.74. The zero-order chi connectivity index (χ0) is 26.3. The summed E-state index contributed by atoms with van der Waals surface area (Å²) >= 11 is 0. The van der Waals surface area contributed by atoms with Crippen molar-refractivity contribution in [3.63, 3.8) is 0 Å². The molecule has 0 aliphatic carbocycles. The van der Waals surface area contributed by atoms with Crippen molar-refractivity contribution < 1.29 is 44.6 Å². The molecule has 1 amide bonds. The summed E-state index contributed by atoms with van der Waals surface area (Å²) in [6.07, 6.45) is -4.73. The van der Waals surface area contributed by atoms with Crippen LogP contribution in [0.1, 0.15) is 32.3 Å². The number of hydrogen-bond donors (Lipinski definition) is 1. The van der Waals surface area contributed by atoms with Crippen molar-refractivity contribution in [2.24, 2.45) is 5.92 Å². The quantitative estimate of drug-likeness (QED) is 0.571. The van der Waals surface area contributed by atoms with Crippen LogP contribution in [0.15, 0.2) is 35.5 Å². The molecule has 0 spiro atoms. The largest absolute Gasteiger partial charge is 0.490 e. The summed E-state index contributed by atoms with van der Waals surface area (Å²) in [5, 5.41) is 1.97. The minimum atomic E-state index is -4.91. The third kappa shape index (κ3) is 4.96. The molecule has 13 heteroatoms. The lowest BCUT2D eigenvalue weighted by Crippen LogP contribution is -2.47. The molecule has 7 nitrogen and oxygen atoms in total. The van der Waals surface area contributed by atoms with E-state index in [9.17, 15) is 35.2 Å². The van der Waals surface area contributed by atoms with E-state index in [1.54, 1.807) is 0 Å². The molecule has 1 aromatic heterocycles. The maximum atomic E-state index is 14.6. The summed E-state index contributed by atoms with van der Waals surface area (Å²) < 4.78 is 105. The molecule has 192 valence electrons. The van der Waals surface area contributed by atoms with E-state index in [1.807, 2.05) is 0 Å². The van der Waals surface area contributed by atoms with E-state index in [1.165, 1.54) is 19.9 Å². The Hall–Kier alpha value is -2.80. The highest BCUT2D eigenvalue weighted by atomic mass is 32.2. The number of nitrogens with zero attached hydrogens (tertiary/aromatic N) is 1. The molecule has 1 saturated heterocycles. The van der Waals surface area contributed by atoms with Crippen LogP contribution in [0.2, 0.25) is 0 Å². The summed E-state index contributed by atoms with van der Waals surface area (Å²) in [6.45, 7) is 3.33. The maximum absolute atomic E-state index is 14.6. The average Bonchev–Trinajstić information content (AvgIpc) is 3.03. The highest BCUT2D eigenvalue weighted by Crippen LogP contribution is 2.55. The first-order valence-electron chi connectivity index (χ1n) is 10.4. The fourth-order valence-corrected chi connectivity index (χ4v) is 4.62. The second-order valence-electron chi connectivity index (χ2n) is 8.31. The molecule has 1 aliphatic heterocycles. The number of rotatable bonds is 6. The van der Waals surface area contributed by atoms with Crippen molar-refractivity contribution >= 4 is 21.4 Å². The third-order valence-corrected chi connectivity index (χ3v) is 7.02. The predicted octanol–water partition coefficient (Wildman–Crippen LogP) is 4.24. The van der Waals surface area contributed by atoms with Gasteiger partial charge in [-0.1, -0.05) is 13.0 Å². The van der Waals surface area contributed by atoms with Crippen LogP contribution < -0.4 is 10.1 Å². The molecule has 2 heterocycles. The Bertz CT molecular complexity index is 1240. The number of ether oxygens (including phenoxy) is 2. The monoisotopic (exact) mass is 522 g/mol. The minimum absolute atomic E-state index is 0.0589. The minimum Gasteiger partial charge on any atom is -0.490 e. The van der Waals surface area contributed by atoms with Crippen molar-refractivity contribution in [3.8, 4) is 5.75 Å². The number of anilines is 1. The molecule has 0 unspecified atom stereocenters. The van der Waals surface area contributed by atoms with Crippen LogP contribution in [-0.2, 0) is 19.4 Å². The Morgan fingerprint density at radius 1 is 1.26 bits per heavy atom. The van der Waals surface area contributed by atoms with E-state index < -0.39 is 62.8 Å². The number of carbonyl (C=O) groups excluding carboxylic acids is 1. The Balaban J connectivity index is 2.10. The molecule has 1 fully saturated rings. The molecule has 3 rings (SSSR count). The Morgan fingerprint density at radius 3 is 2.49 bits per heavy atom. The molecule has 1 aromatic carbocycles. The van der Waals surface area contributed by atoms with Gasteiger partial charge in [-0.05, 0) is 32.0 Å². The van der Waals surface area contributed by atoms with E-state index in [0.29, 0.717) is 0 Å². The SMILES string of the molecule is CCOc1c([C@@H]2[C@@H](C(=O)Nc3ccnc(S(C)(=O)=O)c3)O[C@](C)(C(F)(F)F)[C@@H]2C)ccc(F)c1F. The van der Waals surface area contributed by atoms with E-state index >= 15 is 0 Å². The second kappa shape index (κ2) is 9.34. The van der Waals surface area contributed by atoms with Gasteiger partial charge in [0.05, 0.1) is 6.61 Å². The lowest BCUT2D eigenvalue weighted by Gasteiger charge is -2.32. The first-order chi connectivity index (χ1) is 16.1. The van der Waals surface area contributed by atoms with Gasteiger partial charge in [-0.15, -0.1) is 0 Å². The number of hydrogen-bond acceptors (Lipinski definition) is 6. The molecule has 1 aliphatic rings. The molecule has 0 saturated carbocycles. The molecule has 1 N–H and O–H groups in total. The van der Waals surface area contributed by atoms with Gasteiger partial charge in [-0.2, -0.15) is 17.6 Å². The van der Waals surface area contributed by atoms with E-state index in [0.717, 1.165) is 37.6 Å². The van der Waals surface area contributed by atoms with Crippen LogP contribution in [0.5, 0.6) is 5.75 Å². The standard InChI is InChI=1S/C22H23F5N2O5S/c1-5-33-18-13(6-7-14(23)17(18)24)16-11(2)21(3,22(25,26)27)34-19(16)20(30)29-12-8-9-28-15(10-12)35(4,31)32/h6-11,16,19H,5H2,1-4H3,(H,28,29,30)/t11-,16-,19+,21+/m1/s1. The van der Waals surface area contributed by atoms with Crippen molar-refractivity contribution in [1.29, 1.82) is 0 Å². The van der Waals surface area contributed by atoms with Crippen LogP contribution in [0, 0.1) is 17.6 Å². The summed E-state index contributed by atoms with van der Waals surface area (Å²) in [5.41, 5.74) is -3.04. The number of nitrogens with one attached hydrogen (secondary N) is 1. The number of benzene rings is 1. The first kappa shape index (κ1) is 26.8. The van der Waals surface area contributed by atoms with Gasteiger partial charge in [0.15, 0.2) is 32.0 Å². The maximum Gasteiger partial charge on any atom is 0.417 e. The summed E-state index contributed by atoms with van der Waals surface area (Å²) in [6, 6.07) is 4.07. The topological polar surface area (TPSA) is 94.6 Å². The predicted molar refractivity (Wildman–Crippen MR) is 115 cm³/mol. The van der Waals surface area contributed by atoms with Crippen molar-refractivity contribution in [2.75, 3.05) is 18.2 Å². The Kier molecular flexibility index (Phi) is 7.15. The highest BCUT2D eigenvalue weighted by molar-refractivity contribution is 7.90. The van der Waals surface area contributed by atoms with Gasteiger partial charge < -0.3 is 14.8 Å². The number of alkyl halides is 3. The van der Waals surface area contributed by atoms with Crippen molar-refractivity contribution in [1.82, 2.24) is 4.98 Å². The zero-order valence-corrected chi connectivity index (χ0v) is 19.9. The van der Waals surface area contributed by atoms with Gasteiger partial charge in [0.2, 0.25) is 5.82 Å². The van der Waals surface area contributed by atoms with Crippen LogP contribution in [-0.4, -0.2) is 50.1 Å². The fourth-order valence-electron chi connectivity index (χ4n) is 4.03. The molecular weight excluding hydrogens is 499 g/mol. The van der Waals surface area contributed by atoms with E-state index in [2.05, 4.69) is 10.3 Å². The molecule has 0 radical (unpaired) electrons. The number of halogens is 5. The Labute approximate surface area is 198 Å². The number of sulfone groups is 1. The number of aromatic nitrogens is 1. The van der Waals surface area contributed by atoms with Crippen molar-refractivity contribution in [3.05, 3.63) is 47.7 Å². The number of carbonyl (C=O) groups is 1. The number of amides is 1. The second-order valence-corrected chi connectivity index (χ2v) is 10.3. The van der Waals surface area contributed by atoms with E-state index in [-0.39, 0.29) is 22.9 Å². The zero-order valence-electron chi connectivity index (χ0n) is 19.1. The summed E-state index contributed by atoms with van der Waals surface area (Å²) in [5.74, 6) is -7.15. The van der Waals surface area contributed by atoms with Crippen molar-refractivity contribution in [2.45, 2.75) is 49.6 Å². The van der Waals surface area contributed by atoms with Crippen LogP contribution in [0.3, 0.4) is 0 Å². The third-order valence-electron chi connectivity index (χ3n) is 6.04. The normalized spacial score (nSPS) is 24.9. The average molecular weight is 522 g/mol. The van der Waals surface area contributed by atoms with Gasteiger partial charge in [-0.3, -0.25) is 4.79 Å². The van der Waals surface area contributed by atoms with Gasteiger partial charge >= 0.3 is 6.18 Å². The molecule has 0 bridgehead atoms. The first-order valence-corrected chi connectivity index (χ1v) is 12.3. The molecule has 35 heavy (non-hydrogen) atoms. The smallest absolute Gasteiger partial charge is 0.417 e. The van der Waals surface area contributed by atoms with Gasteiger partial charge in [0, 0.05) is 35.5 Å². The number of pyridine rings is 1. The molecule has 2 aromatic rings. The van der Waals surface area contributed by atoms with E-state index in [4.69, 9.17) is 9.47 Å². The van der Waals surface area contributed by atoms with Gasteiger partial charge in [0.25, 0.3) is 5.91 Å². The molecular formula is C22H23F5N2O5S. The lowest BCUT2D eigenvalue weighted by atomic mass is 9.77. The highest BCUT2D eigenvalue weighted by Gasteiger charge is 2.65. The lowest BCUT2D eigenvalue weighted by molar-refractivity contribution is -0.272. The summed E-state index contributed by atoms with van der Waals surface area (Å²) in [4.78, 5) is 16.8. The van der Waals surface area contributed by atoms with Crippen LogP contribution >= 0.6 is 0 Å². The fraction of sp³-hybridized carbons (Fsp3) is 0.455. The van der Waals surface area contributed by atoms with Gasteiger partial charge in [-0.25, -0.2) is 17.8 Å². The van der Waals surface area contributed by atoms with Crippen LogP contribution in [0.25, 0.3) is 0 Å². The van der Waals surface area contributed by atoms with Crippen LogP contribution in [0.4, 0.5) is 27.6 Å². The Morgan fingerprint density at radius 2 is 1.91 bits per heavy atom. The van der Waals surface area contributed by atoms with Gasteiger partial charge in [0.1, 0.15) is 6.10 Å². The molecule has 4 atom stereocenters.